The van der Waals surface area contributed by atoms with Crippen molar-refractivity contribution in [2.45, 2.75) is 48.0 Å². The summed E-state index contributed by atoms with van der Waals surface area (Å²) in [4.78, 5) is 6.94. The fraction of sp³-hybridized carbons (Fsp3) is 0.615. The molecule has 4 heteroatoms. The van der Waals surface area contributed by atoms with Gasteiger partial charge in [0.25, 0.3) is 0 Å². The normalized spacial score (nSPS) is 11.5. The van der Waals surface area contributed by atoms with E-state index in [0.29, 0.717) is 0 Å². The quantitative estimate of drug-likeness (QED) is 0.209. The summed E-state index contributed by atoms with van der Waals surface area (Å²) in [6.45, 7) is 33.8. The van der Waals surface area contributed by atoms with Crippen LogP contribution in [0.3, 0.4) is 0 Å². The van der Waals surface area contributed by atoms with Gasteiger partial charge in [0.15, 0.2) is 0 Å². The van der Waals surface area contributed by atoms with Gasteiger partial charge >= 0.3 is 52.4 Å². The Balaban J connectivity index is -0.000000325. The third kappa shape index (κ3) is 25.5. The Morgan fingerprint density at radius 2 is 1.00 bits per heavy atom. The molecule has 0 saturated carbocycles. The van der Waals surface area contributed by atoms with Gasteiger partial charge in [-0.1, -0.05) is 59.8 Å². The first-order valence-electron chi connectivity index (χ1n) is 11.5. The van der Waals surface area contributed by atoms with Gasteiger partial charge in [-0.3, -0.25) is 0 Å². The Hall–Kier alpha value is -0.550. The predicted octanol–water partition coefficient (Wildman–Crippen LogP) is 5.92. The summed E-state index contributed by atoms with van der Waals surface area (Å²) < 4.78 is 1.61. The zero-order valence-electron chi connectivity index (χ0n) is 21.0. The summed E-state index contributed by atoms with van der Waals surface area (Å²) in [5, 5.41) is 0. The van der Waals surface area contributed by atoms with E-state index in [2.05, 4.69) is 94.2 Å². The van der Waals surface area contributed by atoms with Gasteiger partial charge in [0, 0.05) is 19.6 Å². The maximum atomic E-state index is 3.65. The summed E-state index contributed by atoms with van der Waals surface area (Å²) in [6, 6.07) is 0. The van der Waals surface area contributed by atoms with Crippen LogP contribution in [0.5, 0.6) is 0 Å². The molecule has 1 rings (SSSR count). The van der Waals surface area contributed by atoms with E-state index in [1.54, 1.807) is 3.33 Å². The summed E-state index contributed by atoms with van der Waals surface area (Å²) >= 11 is 1.25. The Morgan fingerprint density at radius 1 is 0.700 bits per heavy atom. The van der Waals surface area contributed by atoms with Crippen LogP contribution >= 0.6 is 0 Å². The van der Waals surface area contributed by atoms with Crippen LogP contribution in [0.15, 0.2) is 59.5 Å². The van der Waals surface area contributed by atoms with Gasteiger partial charge in [-0.15, -0.1) is 19.7 Å². The van der Waals surface area contributed by atoms with Gasteiger partial charge in [0.05, 0.1) is 0 Å². The molecule has 0 heterocycles. The molecular weight excluding hydrogens is 533 g/mol. The summed E-state index contributed by atoms with van der Waals surface area (Å²) in [5.41, 5.74) is 0. The predicted molar refractivity (Wildman–Crippen MR) is 136 cm³/mol. The van der Waals surface area contributed by atoms with Crippen LogP contribution in [0.2, 0.25) is 0 Å². The van der Waals surface area contributed by atoms with Crippen molar-refractivity contribution in [3.63, 3.8) is 0 Å². The van der Waals surface area contributed by atoms with Crippen LogP contribution in [0.25, 0.3) is 0 Å². The van der Waals surface area contributed by atoms with Gasteiger partial charge in [-0.25, -0.2) is 0 Å². The fourth-order valence-corrected chi connectivity index (χ4v) is 3.21. The van der Waals surface area contributed by atoms with Crippen molar-refractivity contribution in [1.29, 1.82) is 0 Å². The van der Waals surface area contributed by atoms with E-state index in [-0.39, 0.29) is 0 Å². The molecule has 1 aliphatic rings. The van der Waals surface area contributed by atoms with E-state index >= 15 is 0 Å². The molecule has 0 spiro atoms. The maximum absolute atomic E-state index is 3.65. The van der Waals surface area contributed by atoms with Gasteiger partial charge in [0.1, 0.15) is 0 Å². The molecule has 30 heavy (non-hydrogen) atoms. The zero-order chi connectivity index (χ0) is 23.6. The molecule has 0 aromatic rings. The number of nitrogens with zero attached hydrogens (tertiary/aromatic N) is 3. The number of likely N-dealkylation sites (N-methyl/N-ethyl adjacent to an activating group) is 3. The van der Waals surface area contributed by atoms with Gasteiger partial charge in [0.2, 0.25) is 0 Å². The molecule has 1 aliphatic carbocycles. The van der Waals surface area contributed by atoms with Crippen LogP contribution < -0.4 is 0 Å². The second-order valence-corrected chi connectivity index (χ2v) is 8.96. The van der Waals surface area contributed by atoms with Gasteiger partial charge in [-0.2, -0.15) is 0 Å². The third-order valence-corrected chi connectivity index (χ3v) is 5.95. The minimum atomic E-state index is 1.02. The second kappa shape index (κ2) is 28.5. The van der Waals surface area contributed by atoms with E-state index < -0.39 is 0 Å². The van der Waals surface area contributed by atoms with Crippen molar-refractivity contribution in [2.75, 3.05) is 58.9 Å². The molecular formula is C26H50HfN3. The Kier molecular flexibility index (Phi) is 32.3. The molecule has 0 N–H and O–H groups in total. The molecule has 0 saturated heterocycles. The van der Waals surface area contributed by atoms with E-state index in [1.165, 1.54) is 30.8 Å². The Morgan fingerprint density at radius 3 is 1.07 bits per heavy atom. The molecule has 173 valence electrons. The number of rotatable bonds is 12. The van der Waals surface area contributed by atoms with E-state index in [4.69, 9.17) is 0 Å². The minimum absolute atomic E-state index is 1.02. The van der Waals surface area contributed by atoms with E-state index in [0.717, 1.165) is 58.9 Å². The Labute approximate surface area is 204 Å². The van der Waals surface area contributed by atoms with Crippen LogP contribution in [0, 0.1) is 0 Å². The van der Waals surface area contributed by atoms with Crippen molar-refractivity contribution in [3.05, 3.63) is 59.5 Å². The molecule has 3 nitrogen and oxygen atoms in total. The van der Waals surface area contributed by atoms with Crippen LogP contribution in [-0.4, -0.2) is 73.6 Å². The first-order chi connectivity index (χ1) is 14.4. The molecule has 0 aromatic heterocycles. The number of hydrogen-bond donors (Lipinski definition) is 0. The van der Waals surface area contributed by atoms with Crippen molar-refractivity contribution < 1.29 is 24.4 Å². The monoisotopic (exact) mass is 584 g/mol. The first-order valence-corrected chi connectivity index (χ1v) is 13.3. The van der Waals surface area contributed by atoms with E-state index in [1.807, 2.05) is 18.2 Å². The van der Waals surface area contributed by atoms with Crippen LogP contribution in [0.4, 0.5) is 0 Å². The standard InChI is InChI=1S/3C7H15N.C5H5.Hf/c3*1-4-7-8(5-2)6-3;1-2-4-5-3-1;/h3*4H,1,5-7H2,2-3H3;1-3H,4H2;. The Bertz CT molecular complexity index is 389. The average Bonchev–Trinajstić information content (AvgIpc) is 3.26. The molecule has 0 aromatic carbocycles. The van der Waals surface area contributed by atoms with Crippen LogP contribution in [-0.2, 0) is 24.4 Å². The average molecular weight is 583 g/mol. The summed E-state index contributed by atoms with van der Waals surface area (Å²) in [7, 11) is 0. The summed E-state index contributed by atoms with van der Waals surface area (Å²) in [6.07, 6.45) is 13.6. The zero-order valence-corrected chi connectivity index (χ0v) is 24.6. The summed E-state index contributed by atoms with van der Waals surface area (Å²) in [5.74, 6) is 0. The van der Waals surface area contributed by atoms with Crippen molar-refractivity contribution in [1.82, 2.24) is 14.7 Å². The molecule has 0 unspecified atom stereocenters. The SMILES string of the molecule is C=CCN(CC)CC.C=CCN(CC)CC.C=CCN(CC)CC.[Hf][C]1=CC=CC1. The molecule has 0 aliphatic heterocycles. The second-order valence-electron chi connectivity index (χ2n) is 6.65. The van der Waals surface area contributed by atoms with Crippen LogP contribution in [0.1, 0.15) is 48.0 Å². The number of hydrogen-bond acceptors (Lipinski definition) is 3. The molecule has 0 amide bonds. The number of allylic oxidation sites excluding steroid dienone is 4. The van der Waals surface area contributed by atoms with Crippen molar-refractivity contribution >= 4 is 0 Å². The van der Waals surface area contributed by atoms with Crippen molar-refractivity contribution in [2.24, 2.45) is 0 Å². The van der Waals surface area contributed by atoms with Gasteiger partial charge < -0.3 is 14.7 Å². The fourth-order valence-electron chi connectivity index (χ4n) is 2.44. The molecule has 0 fully saturated rings. The third-order valence-electron chi connectivity index (χ3n) is 4.62. The topological polar surface area (TPSA) is 9.72 Å². The van der Waals surface area contributed by atoms with E-state index in [9.17, 15) is 0 Å². The molecule has 0 radical (unpaired) electrons. The van der Waals surface area contributed by atoms with Gasteiger partial charge in [-0.05, 0) is 39.3 Å². The van der Waals surface area contributed by atoms with Crippen molar-refractivity contribution in [3.8, 4) is 0 Å². The molecule has 0 atom stereocenters. The molecule has 0 bridgehead atoms. The first kappa shape index (κ1) is 34.1.